The van der Waals surface area contributed by atoms with Gasteiger partial charge in [0, 0.05) is 23.1 Å². The van der Waals surface area contributed by atoms with E-state index in [2.05, 4.69) is 5.32 Å². The molecule has 0 spiro atoms. The summed E-state index contributed by atoms with van der Waals surface area (Å²) in [5.74, 6) is 2.24. The third-order valence-electron chi connectivity index (χ3n) is 3.07. The summed E-state index contributed by atoms with van der Waals surface area (Å²) >= 11 is 7.62. The molecule has 0 aliphatic heterocycles. The van der Waals surface area contributed by atoms with Crippen LogP contribution in [0.25, 0.3) is 0 Å². The highest BCUT2D eigenvalue weighted by Crippen LogP contribution is 2.17. The van der Waals surface area contributed by atoms with Crippen LogP contribution in [0.15, 0.2) is 48.5 Å². The lowest BCUT2D eigenvalue weighted by atomic mass is 10.2. The summed E-state index contributed by atoms with van der Waals surface area (Å²) in [5.41, 5.74) is 1.79. The molecule has 0 saturated carbocycles. The molecule has 0 heterocycles. The zero-order valence-corrected chi connectivity index (χ0v) is 13.9. The summed E-state index contributed by atoms with van der Waals surface area (Å²) in [6, 6.07) is 15.0. The van der Waals surface area contributed by atoms with E-state index in [-0.39, 0.29) is 5.91 Å². The fraction of sp³-hybridized carbons (Fsp3) is 0.235. The Morgan fingerprint density at radius 3 is 2.64 bits per heavy atom. The molecule has 116 valence electrons. The summed E-state index contributed by atoms with van der Waals surface area (Å²) in [6.07, 6.45) is 0. The number of carbonyl (C=O) groups is 1. The van der Waals surface area contributed by atoms with Gasteiger partial charge in [-0.15, -0.1) is 0 Å². The third kappa shape index (κ3) is 4.97. The highest BCUT2D eigenvalue weighted by Gasteiger charge is 2.10. The number of methoxy groups -OCH3 is 1. The van der Waals surface area contributed by atoms with E-state index >= 15 is 0 Å². The van der Waals surface area contributed by atoms with Gasteiger partial charge in [0.25, 0.3) is 5.91 Å². The number of thioether (sulfide) groups is 1. The number of halogens is 1. The van der Waals surface area contributed by atoms with Gasteiger partial charge in [0.15, 0.2) is 0 Å². The average molecular weight is 336 g/mol. The van der Waals surface area contributed by atoms with Gasteiger partial charge < -0.3 is 10.1 Å². The van der Waals surface area contributed by atoms with Crippen molar-refractivity contribution in [2.75, 3.05) is 19.4 Å². The van der Waals surface area contributed by atoms with Crippen molar-refractivity contribution in [3.8, 4) is 5.75 Å². The Kier molecular flexibility index (Phi) is 6.62. The Labute approximate surface area is 140 Å². The van der Waals surface area contributed by atoms with Gasteiger partial charge in [0.2, 0.25) is 0 Å². The molecule has 22 heavy (non-hydrogen) atoms. The van der Waals surface area contributed by atoms with Crippen LogP contribution in [0, 0.1) is 0 Å². The van der Waals surface area contributed by atoms with Crippen molar-refractivity contribution in [2.45, 2.75) is 5.75 Å². The molecule has 2 rings (SSSR count). The number of benzene rings is 2. The molecule has 1 N–H and O–H groups in total. The molecule has 0 aromatic heterocycles. The molecular formula is C17H18ClNO2S. The minimum absolute atomic E-state index is 0.107. The van der Waals surface area contributed by atoms with Crippen molar-refractivity contribution in [1.82, 2.24) is 5.32 Å². The first-order valence-corrected chi connectivity index (χ1v) is 8.47. The summed E-state index contributed by atoms with van der Waals surface area (Å²) in [6.45, 7) is 0.620. The van der Waals surface area contributed by atoms with Crippen molar-refractivity contribution in [2.24, 2.45) is 0 Å². The smallest absolute Gasteiger partial charge is 0.255 e. The zero-order valence-electron chi connectivity index (χ0n) is 12.3. The van der Waals surface area contributed by atoms with Gasteiger partial charge in [-0.2, -0.15) is 11.8 Å². The van der Waals surface area contributed by atoms with Gasteiger partial charge >= 0.3 is 0 Å². The Bertz CT molecular complexity index is 616. The van der Waals surface area contributed by atoms with E-state index in [1.165, 1.54) is 5.56 Å². The highest BCUT2D eigenvalue weighted by molar-refractivity contribution is 7.98. The molecule has 0 unspecified atom stereocenters. The fourth-order valence-electron chi connectivity index (χ4n) is 1.93. The Morgan fingerprint density at radius 2 is 1.91 bits per heavy atom. The summed E-state index contributed by atoms with van der Waals surface area (Å²) < 4.78 is 5.18. The number of rotatable bonds is 7. The maximum absolute atomic E-state index is 12.1. The number of amides is 1. The lowest BCUT2D eigenvalue weighted by Gasteiger charge is -2.09. The first-order chi connectivity index (χ1) is 10.7. The van der Waals surface area contributed by atoms with Crippen LogP contribution >= 0.6 is 23.4 Å². The molecular weight excluding hydrogens is 318 g/mol. The summed E-state index contributed by atoms with van der Waals surface area (Å²) in [4.78, 5) is 12.1. The van der Waals surface area contributed by atoms with Gasteiger partial charge in [0.05, 0.1) is 12.7 Å². The van der Waals surface area contributed by atoms with Crippen LogP contribution < -0.4 is 10.1 Å². The maximum Gasteiger partial charge on any atom is 0.255 e. The second-order valence-corrected chi connectivity index (χ2v) is 6.18. The maximum atomic E-state index is 12.1. The molecule has 3 nitrogen and oxygen atoms in total. The molecule has 5 heteroatoms. The monoisotopic (exact) mass is 335 g/mol. The first-order valence-electron chi connectivity index (χ1n) is 6.94. The van der Waals surface area contributed by atoms with Crippen LogP contribution in [-0.4, -0.2) is 25.3 Å². The SMILES string of the molecule is COc1ccccc1C(=O)NCCSCc1ccc(Cl)cc1. The Hall–Kier alpha value is -1.65. The zero-order chi connectivity index (χ0) is 15.8. The topological polar surface area (TPSA) is 38.3 Å². The van der Waals surface area contributed by atoms with Gasteiger partial charge in [-0.3, -0.25) is 4.79 Å². The molecule has 2 aromatic rings. The molecule has 0 aliphatic carbocycles. The predicted octanol–water partition coefficient (Wildman–Crippen LogP) is 4.01. The van der Waals surface area contributed by atoms with E-state index in [9.17, 15) is 4.79 Å². The predicted molar refractivity (Wildman–Crippen MR) is 92.9 cm³/mol. The van der Waals surface area contributed by atoms with Crippen LogP contribution in [-0.2, 0) is 5.75 Å². The number of ether oxygens (including phenoxy) is 1. The highest BCUT2D eigenvalue weighted by atomic mass is 35.5. The lowest BCUT2D eigenvalue weighted by Crippen LogP contribution is -2.26. The third-order valence-corrected chi connectivity index (χ3v) is 4.35. The van der Waals surface area contributed by atoms with Crippen molar-refractivity contribution < 1.29 is 9.53 Å². The average Bonchev–Trinajstić information content (AvgIpc) is 2.56. The number of hydrogen-bond acceptors (Lipinski definition) is 3. The van der Waals surface area contributed by atoms with Crippen molar-refractivity contribution in [3.05, 3.63) is 64.7 Å². The molecule has 2 aromatic carbocycles. The van der Waals surface area contributed by atoms with E-state index in [4.69, 9.17) is 16.3 Å². The van der Waals surface area contributed by atoms with Crippen molar-refractivity contribution in [3.63, 3.8) is 0 Å². The minimum Gasteiger partial charge on any atom is -0.496 e. The largest absolute Gasteiger partial charge is 0.496 e. The van der Waals surface area contributed by atoms with Crippen LogP contribution in [0.1, 0.15) is 15.9 Å². The second kappa shape index (κ2) is 8.71. The van der Waals surface area contributed by atoms with E-state index < -0.39 is 0 Å². The summed E-state index contributed by atoms with van der Waals surface area (Å²) in [7, 11) is 1.56. The van der Waals surface area contributed by atoms with E-state index in [1.807, 2.05) is 36.4 Å². The minimum atomic E-state index is -0.107. The van der Waals surface area contributed by atoms with E-state index in [1.54, 1.807) is 31.0 Å². The van der Waals surface area contributed by atoms with Crippen LogP contribution in [0.3, 0.4) is 0 Å². The number of para-hydroxylation sites is 1. The fourth-order valence-corrected chi connectivity index (χ4v) is 2.88. The molecule has 0 radical (unpaired) electrons. The van der Waals surface area contributed by atoms with Crippen molar-refractivity contribution >= 4 is 29.3 Å². The molecule has 0 saturated heterocycles. The van der Waals surface area contributed by atoms with Crippen molar-refractivity contribution in [1.29, 1.82) is 0 Å². The number of hydrogen-bond donors (Lipinski definition) is 1. The van der Waals surface area contributed by atoms with Crippen LogP contribution in [0.5, 0.6) is 5.75 Å². The Balaban J connectivity index is 1.72. The van der Waals surface area contributed by atoms with Gasteiger partial charge in [0.1, 0.15) is 5.75 Å². The quantitative estimate of drug-likeness (QED) is 0.777. The van der Waals surface area contributed by atoms with Gasteiger partial charge in [-0.25, -0.2) is 0 Å². The normalized spacial score (nSPS) is 10.3. The van der Waals surface area contributed by atoms with Gasteiger partial charge in [-0.05, 0) is 29.8 Å². The summed E-state index contributed by atoms with van der Waals surface area (Å²) in [5, 5.41) is 3.66. The molecule has 0 atom stereocenters. The van der Waals surface area contributed by atoms with E-state index in [0.717, 1.165) is 16.5 Å². The molecule has 1 amide bonds. The molecule has 0 bridgehead atoms. The van der Waals surface area contributed by atoms with Crippen LogP contribution in [0.2, 0.25) is 5.02 Å². The van der Waals surface area contributed by atoms with Crippen LogP contribution in [0.4, 0.5) is 0 Å². The Morgan fingerprint density at radius 1 is 1.18 bits per heavy atom. The number of nitrogens with one attached hydrogen (secondary N) is 1. The van der Waals surface area contributed by atoms with E-state index in [0.29, 0.717) is 17.9 Å². The molecule has 0 aliphatic rings. The lowest BCUT2D eigenvalue weighted by molar-refractivity contribution is 0.0953. The molecule has 0 fully saturated rings. The van der Waals surface area contributed by atoms with Gasteiger partial charge in [-0.1, -0.05) is 35.9 Å². The number of carbonyl (C=O) groups excluding carboxylic acids is 1. The standard InChI is InChI=1S/C17H18ClNO2S/c1-21-16-5-3-2-4-15(16)17(20)19-10-11-22-12-13-6-8-14(18)9-7-13/h2-9H,10-12H2,1H3,(H,19,20). The second-order valence-electron chi connectivity index (χ2n) is 4.64. The first kappa shape index (κ1) is 16.7.